The number of nitrogens with zero attached hydrogens (tertiary/aromatic N) is 10. The van der Waals surface area contributed by atoms with Crippen molar-refractivity contribution in [2.75, 3.05) is 54.9 Å². The van der Waals surface area contributed by atoms with Crippen molar-refractivity contribution in [2.24, 2.45) is 22.7 Å². The largest absolute Gasteiger partial charge is 0.476 e. The summed E-state index contributed by atoms with van der Waals surface area (Å²) < 4.78 is 77.1. The van der Waals surface area contributed by atoms with Crippen molar-refractivity contribution in [2.45, 2.75) is 153 Å². The van der Waals surface area contributed by atoms with E-state index >= 15 is 0 Å². The Hall–Kier alpha value is -7.58. The molecule has 6 aromatic heterocycles. The minimum atomic E-state index is -4.32. The number of halogens is 1. The number of fused-ring (bicyclic) bond motifs is 6. The van der Waals surface area contributed by atoms with E-state index in [1.165, 1.54) is 28.9 Å². The van der Waals surface area contributed by atoms with Crippen LogP contribution < -0.4 is 34.5 Å². The van der Waals surface area contributed by atoms with Gasteiger partial charge in [-0.1, -0.05) is 37.6 Å². The maximum Gasteiger partial charge on any atom is 0.410 e. The third-order valence-corrected chi connectivity index (χ3v) is 19.3. The molecule has 9 heterocycles. The van der Waals surface area contributed by atoms with E-state index < -0.39 is 37.5 Å². The second-order valence-corrected chi connectivity index (χ2v) is 30.3. The van der Waals surface area contributed by atoms with E-state index in [9.17, 15) is 31.2 Å². The van der Waals surface area contributed by atoms with E-state index in [2.05, 4.69) is 73.1 Å². The normalized spacial score (nSPS) is 20.3. The molecule has 27 heteroatoms. The first-order valence-electron chi connectivity index (χ1n) is 29.8. The van der Waals surface area contributed by atoms with Gasteiger partial charge in [-0.05, 0) is 173 Å². The molecule has 4 bridgehead atoms. The summed E-state index contributed by atoms with van der Waals surface area (Å²) >= 11 is 6.30. The number of aromatic nitrogens is 8. The van der Waals surface area contributed by atoms with Crippen molar-refractivity contribution in [3.63, 3.8) is 0 Å². The number of hydrogen-bond donors (Lipinski definition) is 4. The third kappa shape index (κ3) is 15.6. The predicted molar refractivity (Wildman–Crippen MR) is 331 cm³/mol. The van der Waals surface area contributed by atoms with Gasteiger partial charge < -0.3 is 34.6 Å². The molecule has 0 aromatic carbocycles. The number of sulfonamides is 2. The number of nitrogens with one attached hydrogen (secondary N) is 4. The summed E-state index contributed by atoms with van der Waals surface area (Å²) in [6.45, 7) is 22.0. The highest BCUT2D eigenvalue weighted by Crippen LogP contribution is 2.46. The zero-order valence-corrected chi connectivity index (χ0v) is 53.7. The number of anilines is 3. The molecule has 6 aromatic rings. The Labute approximate surface area is 519 Å². The van der Waals surface area contributed by atoms with Crippen LogP contribution >= 0.6 is 11.6 Å². The van der Waals surface area contributed by atoms with E-state index in [4.69, 9.17) is 30.8 Å². The monoisotopic (exact) mass is 1270 g/mol. The van der Waals surface area contributed by atoms with Crippen LogP contribution in [0.15, 0.2) is 95.2 Å². The van der Waals surface area contributed by atoms with Crippen LogP contribution in [-0.4, -0.2) is 135 Å². The van der Waals surface area contributed by atoms with Crippen LogP contribution in [0.3, 0.4) is 0 Å². The molecule has 472 valence electrons. The van der Waals surface area contributed by atoms with Crippen molar-refractivity contribution in [3.05, 3.63) is 101 Å². The number of pyridine rings is 4. The molecule has 2 saturated heterocycles. The molecule has 11 rings (SSSR count). The number of likely N-dealkylation sites (tertiary alicyclic amines) is 1. The summed E-state index contributed by atoms with van der Waals surface area (Å²) in [6.07, 6.45) is 13.0. The molecule has 0 spiro atoms. The fourth-order valence-electron chi connectivity index (χ4n) is 11.1. The van der Waals surface area contributed by atoms with Gasteiger partial charge in [0.2, 0.25) is 11.8 Å². The van der Waals surface area contributed by atoms with Gasteiger partial charge in [-0.2, -0.15) is 16.8 Å². The molecule has 4 fully saturated rings. The van der Waals surface area contributed by atoms with E-state index in [-0.39, 0.29) is 54.3 Å². The zero-order chi connectivity index (χ0) is 63.0. The summed E-state index contributed by atoms with van der Waals surface area (Å²) in [5.41, 5.74) is -0.660. The van der Waals surface area contributed by atoms with Crippen LogP contribution in [0, 0.1) is 22.7 Å². The Kier molecular flexibility index (Phi) is 17.9. The van der Waals surface area contributed by atoms with Gasteiger partial charge in [-0.15, -0.1) is 10.2 Å². The lowest BCUT2D eigenvalue weighted by Gasteiger charge is -2.34. The topological polar surface area (TPSA) is 289 Å². The minimum Gasteiger partial charge on any atom is -0.476 e. The number of carbonyl (C=O) groups excluding carboxylic acids is 3. The van der Waals surface area contributed by atoms with Crippen molar-refractivity contribution in [1.29, 1.82) is 0 Å². The van der Waals surface area contributed by atoms with Crippen molar-refractivity contribution in [3.8, 4) is 23.4 Å². The van der Waals surface area contributed by atoms with E-state index in [0.717, 1.165) is 64.2 Å². The fourth-order valence-corrected chi connectivity index (χ4v) is 13.2. The van der Waals surface area contributed by atoms with Gasteiger partial charge in [0.1, 0.15) is 28.2 Å². The molecular weight excluding hydrogens is 1190 g/mol. The van der Waals surface area contributed by atoms with Crippen LogP contribution in [0.25, 0.3) is 11.6 Å². The Morgan fingerprint density at radius 3 is 2.08 bits per heavy atom. The molecule has 2 saturated carbocycles. The summed E-state index contributed by atoms with van der Waals surface area (Å²) in [4.78, 5) is 60.7. The van der Waals surface area contributed by atoms with Gasteiger partial charge in [0.05, 0.1) is 24.3 Å². The molecule has 2 aliphatic carbocycles. The standard InChI is InChI=1S/C33H44ClN7O6S.C28H35N7O4S/c1-31(2,3)47-30(43)40-20-22(19-32(40,4)5)9-8-17-35-24-10-7-11-27(36-24)48(44,45)39-29(42)23-12-13-25(37-28(23)34)41-18-14-26(38-41)46-21-33(6)15-16-33;1-27(2)16-19-6-5-14-29-21-7-4-8-24(30-21)40(37,38)33-26(36)20-9-10-22(31-25(20)34(27)17-19)35-15-11-23(32-35)39-18-28(3)12-13-28/h7,10-14,18,22H,8-9,15-17,19-21H2,1-6H3,(H,35,36)(H,39,42);4,7-11,15,19H,5-6,12-14,16-18H2,1-3H3,(H,29,30)(H,33,36). The lowest BCUT2D eigenvalue weighted by atomic mass is 9.93. The van der Waals surface area contributed by atoms with Crippen LogP contribution in [0.1, 0.15) is 147 Å². The second-order valence-electron chi connectivity index (χ2n) is 26.6. The first kappa shape index (κ1) is 63.4. The van der Waals surface area contributed by atoms with Crippen molar-refractivity contribution >= 4 is 67.0 Å². The van der Waals surface area contributed by atoms with Crippen LogP contribution in [0.5, 0.6) is 11.8 Å². The number of carbonyl (C=O) groups is 3. The van der Waals surface area contributed by atoms with Crippen LogP contribution in [-0.2, 0) is 24.8 Å². The first-order chi connectivity index (χ1) is 41.4. The molecule has 2 unspecified atom stereocenters. The zero-order valence-electron chi connectivity index (χ0n) is 51.3. The predicted octanol–water partition coefficient (Wildman–Crippen LogP) is 9.61. The second kappa shape index (κ2) is 24.8. The number of ether oxygens (including phenoxy) is 3. The number of amides is 3. The molecule has 3 aliphatic heterocycles. The van der Waals surface area contributed by atoms with Crippen LogP contribution in [0.4, 0.5) is 22.2 Å². The molecular formula is C61H79ClN14O10S2. The fraction of sp³-hybridized carbons (Fsp3) is 0.525. The van der Waals surface area contributed by atoms with Crippen LogP contribution in [0.2, 0.25) is 5.15 Å². The number of rotatable bonds is 16. The molecule has 88 heavy (non-hydrogen) atoms. The highest BCUT2D eigenvalue weighted by Gasteiger charge is 2.44. The maximum atomic E-state index is 13.5. The first-order valence-corrected chi connectivity index (χ1v) is 33.2. The molecule has 2 atom stereocenters. The summed E-state index contributed by atoms with van der Waals surface area (Å²) in [7, 11) is -8.54. The average Bonchev–Trinajstić information content (AvgIpc) is 1.64. The van der Waals surface area contributed by atoms with Gasteiger partial charge >= 0.3 is 6.09 Å². The Morgan fingerprint density at radius 2 is 1.43 bits per heavy atom. The lowest BCUT2D eigenvalue weighted by Crippen LogP contribution is -2.45. The SMILES string of the molecule is CC1(COc2ccn(-c3ccc(C(=O)NS(=O)(=O)c4cccc(NCCCC5CN(C(=O)OC(C)(C)C)C(C)(C)C5)n4)c(Cl)n3)n2)CC1.CC1(COc2ccn(-c3ccc4c(n3)N3CC(CCCNc5cccc(n5)S(=O)(=O)NC4=O)CC3(C)C)n2)CC1. The number of hydrogen-bond acceptors (Lipinski definition) is 19. The van der Waals surface area contributed by atoms with Gasteiger partial charge in [0.25, 0.3) is 31.9 Å². The molecule has 24 nitrogen and oxygen atoms in total. The highest BCUT2D eigenvalue weighted by molar-refractivity contribution is 7.90. The highest BCUT2D eigenvalue weighted by atomic mass is 35.5. The Bertz CT molecular complexity index is 3800. The average molecular weight is 1270 g/mol. The van der Waals surface area contributed by atoms with Gasteiger partial charge in [0, 0.05) is 72.6 Å². The van der Waals surface area contributed by atoms with E-state index in [1.807, 2.05) is 39.3 Å². The molecule has 5 aliphatic rings. The Balaban J connectivity index is 0.000000197. The molecule has 3 amide bonds. The van der Waals surface area contributed by atoms with E-state index in [0.29, 0.717) is 92.1 Å². The van der Waals surface area contributed by atoms with Gasteiger partial charge in [-0.25, -0.2) is 43.5 Å². The quantitative estimate of drug-likeness (QED) is 0.0518. The van der Waals surface area contributed by atoms with Gasteiger partial charge in [0.15, 0.2) is 21.7 Å². The Morgan fingerprint density at radius 1 is 0.784 bits per heavy atom. The summed E-state index contributed by atoms with van der Waals surface area (Å²) in [6, 6.07) is 18.9. The van der Waals surface area contributed by atoms with Gasteiger partial charge in [-0.3, -0.25) is 9.59 Å². The molecule has 0 radical (unpaired) electrons. The smallest absolute Gasteiger partial charge is 0.410 e. The third-order valence-electron chi connectivity index (χ3n) is 16.6. The molecule has 4 N–H and O–H groups in total. The summed E-state index contributed by atoms with van der Waals surface area (Å²) in [5.74, 6) is 2.04. The van der Waals surface area contributed by atoms with Crippen molar-refractivity contribution in [1.82, 2.24) is 53.8 Å². The maximum absolute atomic E-state index is 13.5. The van der Waals surface area contributed by atoms with E-state index in [1.54, 1.807) is 70.5 Å². The minimum absolute atomic E-state index is 0.121. The lowest BCUT2D eigenvalue weighted by molar-refractivity contribution is 0.0130. The van der Waals surface area contributed by atoms with Crippen molar-refractivity contribution < 1.29 is 45.4 Å². The summed E-state index contributed by atoms with van der Waals surface area (Å²) in [5, 5.41) is 14.5.